The van der Waals surface area contributed by atoms with E-state index in [0.29, 0.717) is 51.0 Å². The van der Waals surface area contributed by atoms with Gasteiger partial charge < -0.3 is 20.5 Å². The van der Waals surface area contributed by atoms with E-state index in [1.165, 1.54) is 6.20 Å². The van der Waals surface area contributed by atoms with Gasteiger partial charge in [0.1, 0.15) is 24.2 Å². The summed E-state index contributed by atoms with van der Waals surface area (Å²) in [6.45, 7) is 2.45. The average molecular weight is 474 g/mol. The summed E-state index contributed by atoms with van der Waals surface area (Å²) >= 11 is 6.44. The van der Waals surface area contributed by atoms with E-state index in [-0.39, 0.29) is 12.2 Å². The third-order valence-corrected chi connectivity index (χ3v) is 5.25. The van der Waals surface area contributed by atoms with E-state index in [0.717, 1.165) is 5.69 Å². The van der Waals surface area contributed by atoms with Crippen molar-refractivity contribution in [1.82, 2.24) is 9.97 Å². The first kappa shape index (κ1) is 22.8. The van der Waals surface area contributed by atoms with Crippen molar-refractivity contribution in [3.63, 3.8) is 0 Å². The molecular formula is C25H20ClN5O3. The number of benzene rings is 2. The Morgan fingerprint density at radius 3 is 2.68 bits per heavy atom. The number of rotatable bonds is 8. The van der Waals surface area contributed by atoms with Crippen LogP contribution in [0, 0.1) is 11.3 Å². The number of nitrogens with one attached hydrogen (secondary N) is 1. The number of halogens is 1. The van der Waals surface area contributed by atoms with Crippen LogP contribution in [0.15, 0.2) is 60.9 Å². The zero-order valence-corrected chi connectivity index (χ0v) is 19.0. The van der Waals surface area contributed by atoms with Gasteiger partial charge in [0.2, 0.25) is 0 Å². The molecule has 0 saturated carbocycles. The smallest absolute Gasteiger partial charge is 0.252 e. The van der Waals surface area contributed by atoms with Gasteiger partial charge in [-0.05, 0) is 43.3 Å². The second-order valence-electron chi connectivity index (χ2n) is 7.20. The van der Waals surface area contributed by atoms with Gasteiger partial charge in [0.25, 0.3) is 5.91 Å². The van der Waals surface area contributed by atoms with E-state index in [1.807, 2.05) is 25.1 Å². The third-order valence-electron chi connectivity index (χ3n) is 4.96. The second-order valence-corrected chi connectivity index (χ2v) is 7.61. The molecule has 2 aromatic heterocycles. The number of carbonyl (C=O) groups is 1. The number of anilines is 2. The molecule has 0 aliphatic rings. The minimum absolute atomic E-state index is 0.200. The number of nitriles is 1. The van der Waals surface area contributed by atoms with Crippen molar-refractivity contribution in [3.8, 4) is 17.6 Å². The Kier molecular flexibility index (Phi) is 6.76. The summed E-state index contributed by atoms with van der Waals surface area (Å²) in [5.74, 6) is 0.189. The van der Waals surface area contributed by atoms with Crippen LogP contribution in [-0.4, -0.2) is 22.5 Å². The quantitative estimate of drug-likeness (QED) is 0.370. The molecule has 0 aliphatic heterocycles. The van der Waals surface area contributed by atoms with Crippen molar-refractivity contribution < 1.29 is 14.3 Å². The Morgan fingerprint density at radius 2 is 2.00 bits per heavy atom. The minimum Gasteiger partial charge on any atom is -0.493 e. The zero-order valence-electron chi connectivity index (χ0n) is 18.2. The lowest BCUT2D eigenvalue weighted by molar-refractivity contribution is 0.0997. The lowest BCUT2D eigenvalue weighted by Crippen LogP contribution is -2.13. The molecule has 0 saturated heterocycles. The van der Waals surface area contributed by atoms with Gasteiger partial charge in [-0.25, -0.2) is 0 Å². The Balaban J connectivity index is 1.68. The highest BCUT2D eigenvalue weighted by atomic mass is 35.5. The van der Waals surface area contributed by atoms with Crippen LogP contribution < -0.4 is 20.5 Å². The Bertz CT molecular complexity index is 1400. The van der Waals surface area contributed by atoms with E-state index in [4.69, 9.17) is 26.8 Å². The maximum atomic E-state index is 12.0. The van der Waals surface area contributed by atoms with Gasteiger partial charge in [-0.1, -0.05) is 17.7 Å². The maximum Gasteiger partial charge on any atom is 0.252 e. The SMILES string of the molecule is CCOc1cc2ncc(C#N)c(Nc3ccc(OCc4ccccn4)c(Cl)c3)c2cc1C(N)=O. The van der Waals surface area contributed by atoms with Crippen LogP contribution >= 0.6 is 11.6 Å². The highest BCUT2D eigenvalue weighted by Gasteiger charge is 2.17. The summed E-state index contributed by atoms with van der Waals surface area (Å²) in [4.78, 5) is 20.6. The average Bonchev–Trinajstić information content (AvgIpc) is 2.84. The maximum absolute atomic E-state index is 12.0. The van der Waals surface area contributed by atoms with E-state index >= 15 is 0 Å². The molecule has 34 heavy (non-hydrogen) atoms. The van der Waals surface area contributed by atoms with Crippen molar-refractivity contribution in [2.75, 3.05) is 11.9 Å². The van der Waals surface area contributed by atoms with Crippen LogP contribution in [0.1, 0.15) is 28.5 Å². The zero-order chi connectivity index (χ0) is 24.1. The molecule has 8 nitrogen and oxygen atoms in total. The molecule has 0 spiro atoms. The van der Waals surface area contributed by atoms with E-state index in [9.17, 15) is 10.1 Å². The first-order chi connectivity index (χ1) is 16.5. The Hall–Kier alpha value is -4.35. The molecule has 4 aromatic rings. The molecule has 0 fully saturated rings. The summed E-state index contributed by atoms with van der Waals surface area (Å²) in [5, 5.41) is 13.8. The molecule has 1 amide bonds. The van der Waals surface area contributed by atoms with Crippen molar-refractivity contribution in [3.05, 3.63) is 82.8 Å². The van der Waals surface area contributed by atoms with Crippen molar-refractivity contribution in [2.24, 2.45) is 5.73 Å². The van der Waals surface area contributed by atoms with E-state index in [1.54, 1.807) is 36.5 Å². The predicted octanol–water partition coefficient (Wildman–Crippen LogP) is 4.98. The fraction of sp³-hybridized carbons (Fsp3) is 0.120. The topological polar surface area (TPSA) is 123 Å². The fourth-order valence-electron chi connectivity index (χ4n) is 3.38. The first-order valence-electron chi connectivity index (χ1n) is 10.4. The number of carbonyl (C=O) groups excluding carboxylic acids is 1. The van der Waals surface area contributed by atoms with Crippen LogP contribution in [0.25, 0.3) is 10.9 Å². The molecule has 0 aliphatic carbocycles. The van der Waals surface area contributed by atoms with Crippen molar-refractivity contribution in [1.29, 1.82) is 5.26 Å². The molecule has 170 valence electrons. The summed E-state index contributed by atoms with van der Waals surface area (Å²) in [6, 6.07) is 16.1. The highest BCUT2D eigenvalue weighted by Crippen LogP contribution is 2.35. The number of fused-ring (bicyclic) bond motifs is 1. The van der Waals surface area contributed by atoms with Gasteiger partial charge in [-0.3, -0.25) is 14.8 Å². The molecule has 2 heterocycles. The van der Waals surface area contributed by atoms with Crippen LogP contribution in [0.4, 0.5) is 11.4 Å². The Morgan fingerprint density at radius 1 is 1.15 bits per heavy atom. The van der Waals surface area contributed by atoms with Crippen LogP contribution in [0.5, 0.6) is 11.5 Å². The molecular weight excluding hydrogens is 454 g/mol. The number of ether oxygens (including phenoxy) is 2. The van der Waals surface area contributed by atoms with E-state index < -0.39 is 5.91 Å². The summed E-state index contributed by atoms with van der Waals surface area (Å²) in [5.41, 5.74) is 8.45. The molecule has 2 aromatic carbocycles. The molecule has 0 unspecified atom stereocenters. The van der Waals surface area contributed by atoms with Gasteiger partial charge in [0, 0.05) is 29.5 Å². The number of pyridine rings is 2. The summed E-state index contributed by atoms with van der Waals surface area (Å²) in [6.07, 6.45) is 3.15. The molecule has 0 radical (unpaired) electrons. The third kappa shape index (κ3) is 4.85. The molecule has 4 rings (SSSR count). The fourth-order valence-corrected chi connectivity index (χ4v) is 3.62. The lowest BCUT2D eigenvalue weighted by atomic mass is 10.0. The number of amides is 1. The monoisotopic (exact) mass is 473 g/mol. The predicted molar refractivity (Wildman–Crippen MR) is 129 cm³/mol. The number of primary amides is 1. The number of nitrogens with zero attached hydrogens (tertiary/aromatic N) is 3. The first-order valence-corrected chi connectivity index (χ1v) is 10.8. The molecule has 0 bridgehead atoms. The second kappa shape index (κ2) is 10.1. The number of aromatic nitrogens is 2. The van der Waals surface area contributed by atoms with Gasteiger partial charge in [-0.15, -0.1) is 0 Å². The van der Waals surface area contributed by atoms with Gasteiger partial charge >= 0.3 is 0 Å². The van der Waals surface area contributed by atoms with Gasteiger partial charge in [-0.2, -0.15) is 5.26 Å². The normalized spacial score (nSPS) is 10.5. The summed E-state index contributed by atoms with van der Waals surface area (Å²) in [7, 11) is 0. The number of hydrogen-bond acceptors (Lipinski definition) is 7. The molecule has 0 atom stereocenters. The van der Waals surface area contributed by atoms with Crippen molar-refractivity contribution >= 4 is 39.8 Å². The van der Waals surface area contributed by atoms with Gasteiger partial charge in [0.05, 0.1) is 39.7 Å². The number of hydrogen-bond donors (Lipinski definition) is 2. The lowest BCUT2D eigenvalue weighted by Gasteiger charge is -2.15. The number of nitrogens with two attached hydrogens (primary N) is 1. The van der Waals surface area contributed by atoms with Crippen LogP contribution in [0.3, 0.4) is 0 Å². The van der Waals surface area contributed by atoms with Crippen LogP contribution in [-0.2, 0) is 6.61 Å². The Labute approximate surface area is 200 Å². The molecule has 9 heteroatoms. The van der Waals surface area contributed by atoms with Crippen molar-refractivity contribution in [2.45, 2.75) is 13.5 Å². The van der Waals surface area contributed by atoms with Crippen LogP contribution in [0.2, 0.25) is 5.02 Å². The standard InChI is InChI=1S/C25H20ClN5O3/c1-2-33-23-11-21-18(10-19(23)25(28)32)24(15(12-27)13-30-21)31-16-6-7-22(20(26)9-16)34-14-17-5-3-4-8-29-17/h3-11,13H,2,14H2,1H3,(H2,28,32)(H,30,31). The van der Waals surface area contributed by atoms with Gasteiger partial charge in [0.15, 0.2) is 0 Å². The molecule has 3 N–H and O–H groups in total. The largest absolute Gasteiger partial charge is 0.493 e. The highest BCUT2D eigenvalue weighted by molar-refractivity contribution is 6.32. The minimum atomic E-state index is -0.642. The van der Waals surface area contributed by atoms with E-state index in [2.05, 4.69) is 21.4 Å². The summed E-state index contributed by atoms with van der Waals surface area (Å²) < 4.78 is 11.3.